The monoisotopic (exact) mass is 306 g/mol. The molecule has 0 heterocycles. The van der Waals surface area contributed by atoms with Crippen LogP contribution in [0.4, 0.5) is 0 Å². The molecule has 0 saturated heterocycles. The lowest BCUT2D eigenvalue weighted by Gasteiger charge is -2.10. The second kappa shape index (κ2) is 6.93. The summed E-state index contributed by atoms with van der Waals surface area (Å²) in [6.07, 6.45) is -0.668. The molecule has 2 nitrogen and oxygen atoms in total. The molecule has 0 amide bonds. The molecule has 104 valence electrons. The lowest BCUT2D eigenvalue weighted by atomic mass is 10.1. The Bertz CT molecular complexity index is 578. The number of hydrogen-bond acceptors (Lipinski definition) is 3. The van der Waals surface area contributed by atoms with Crippen molar-refractivity contribution in [3.05, 3.63) is 64.7 Å². The van der Waals surface area contributed by atoms with E-state index < -0.39 is 6.10 Å². The third-order valence-electron chi connectivity index (χ3n) is 2.87. The molecule has 0 radical (unpaired) electrons. The van der Waals surface area contributed by atoms with Crippen LogP contribution in [0.1, 0.15) is 23.7 Å². The first-order chi connectivity index (χ1) is 9.54. The topological polar surface area (TPSA) is 37.3 Å². The molecule has 0 fully saturated rings. The van der Waals surface area contributed by atoms with Gasteiger partial charge in [0.05, 0.1) is 6.10 Å². The second-order valence-corrected chi connectivity index (χ2v) is 6.13. The van der Waals surface area contributed by atoms with Crippen molar-refractivity contribution in [2.45, 2.75) is 24.3 Å². The molecule has 0 aromatic heterocycles. The number of rotatable bonds is 4. The fraction of sp³-hybridized carbons (Fsp3) is 0.188. The van der Waals surface area contributed by atoms with Gasteiger partial charge in [0, 0.05) is 16.3 Å². The van der Waals surface area contributed by atoms with Crippen molar-refractivity contribution in [1.29, 1.82) is 0 Å². The Labute approximate surface area is 127 Å². The molecule has 1 unspecified atom stereocenters. The summed E-state index contributed by atoms with van der Waals surface area (Å²) in [7, 11) is 0. The number of benzene rings is 2. The number of aryl methyl sites for hydroxylation is 1. The number of aliphatic hydroxyl groups is 1. The smallest absolute Gasteiger partial charge is 0.196 e. The van der Waals surface area contributed by atoms with Crippen LogP contribution in [-0.4, -0.2) is 10.2 Å². The molecule has 0 aliphatic carbocycles. The van der Waals surface area contributed by atoms with E-state index in [2.05, 4.69) is 0 Å². The van der Waals surface area contributed by atoms with Crippen LogP contribution in [0.25, 0.3) is 0 Å². The number of aliphatic hydroxyl groups excluding tert-OH is 1. The van der Waals surface area contributed by atoms with E-state index in [4.69, 9.17) is 11.6 Å². The van der Waals surface area contributed by atoms with E-state index in [0.29, 0.717) is 5.02 Å². The molecule has 0 bridgehead atoms. The minimum atomic E-state index is -0.761. The number of carbonyl (C=O) groups is 1. The lowest BCUT2D eigenvalue weighted by molar-refractivity contribution is -0.112. The quantitative estimate of drug-likeness (QED) is 0.851. The van der Waals surface area contributed by atoms with Crippen molar-refractivity contribution in [3.63, 3.8) is 0 Å². The average molecular weight is 307 g/mol. The van der Waals surface area contributed by atoms with Gasteiger partial charge in [0.15, 0.2) is 5.12 Å². The van der Waals surface area contributed by atoms with Gasteiger partial charge in [0.25, 0.3) is 0 Å². The van der Waals surface area contributed by atoms with Gasteiger partial charge in [0.1, 0.15) is 0 Å². The summed E-state index contributed by atoms with van der Waals surface area (Å²) in [6.45, 7) is 1.98. The van der Waals surface area contributed by atoms with E-state index in [1.54, 1.807) is 24.3 Å². The van der Waals surface area contributed by atoms with Crippen LogP contribution in [0.15, 0.2) is 53.4 Å². The summed E-state index contributed by atoms with van der Waals surface area (Å²) in [5, 5.41) is 10.6. The van der Waals surface area contributed by atoms with Gasteiger partial charge in [0.2, 0.25) is 0 Å². The molecular formula is C16H15ClO2S. The fourth-order valence-electron chi connectivity index (χ4n) is 1.74. The Balaban J connectivity index is 1.93. The molecule has 1 atom stereocenters. The van der Waals surface area contributed by atoms with Gasteiger partial charge in [-0.2, -0.15) is 0 Å². The zero-order valence-corrected chi connectivity index (χ0v) is 12.6. The molecule has 4 heteroatoms. The molecular weight excluding hydrogens is 292 g/mol. The summed E-state index contributed by atoms with van der Waals surface area (Å²) in [5.41, 5.74) is 1.89. The Morgan fingerprint density at radius 2 is 1.75 bits per heavy atom. The fourth-order valence-corrected chi connectivity index (χ4v) is 2.64. The van der Waals surface area contributed by atoms with E-state index in [0.717, 1.165) is 27.8 Å². The molecule has 0 saturated carbocycles. The van der Waals surface area contributed by atoms with Crippen molar-refractivity contribution in [3.8, 4) is 0 Å². The summed E-state index contributed by atoms with van der Waals surface area (Å²) >= 11 is 6.91. The third kappa shape index (κ3) is 4.37. The van der Waals surface area contributed by atoms with Crippen molar-refractivity contribution in [1.82, 2.24) is 0 Å². The highest BCUT2D eigenvalue weighted by molar-refractivity contribution is 8.13. The standard InChI is InChI=1S/C16H15ClO2S/c1-11-2-4-12(5-3-11)15(18)10-16(19)20-14-8-6-13(17)7-9-14/h2-9,15,18H,10H2,1H3. The number of hydrogen-bond donors (Lipinski definition) is 1. The highest BCUT2D eigenvalue weighted by Gasteiger charge is 2.14. The van der Waals surface area contributed by atoms with Gasteiger partial charge in [-0.3, -0.25) is 4.79 Å². The zero-order chi connectivity index (χ0) is 14.5. The van der Waals surface area contributed by atoms with E-state index in [9.17, 15) is 9.90 Å². The van der Waals surface area contributed by atoms with Crippen LogP contribution >= 0.6 is 23.4 Å². The minimum Gasteiger partial charge on any atom is -0.388 e. The normalized spacial score (nSPS) is 12.2. The maximum absolute atomic E-state index is 11.9. The van der Waals surface area contributed by atoms with Crippen molar-refractivity contribution >= 4 is 28.5 Å². The Kier molecular flexibility index (Phi) is 5.24. The van der Waals surface area contributed by atoms with Crippen molar-refractivity contribution in [2.75, 3.05) is 0 Å². The first-order valence-electron chi connectivity index (χ1n) is 6.25. The average Bonchev–Trinajstić information content (AvgIpc) is 2.42. The molecule has 2 aromatic rings. The third-order valence-corrected chi connectivity index (χ3v) is 4.02. The zero-order valence-electron chi connectivity index (χ0n) is 11.0. The van der Waals surface area contributed by atoms with Gasteiger partial charge in [-0.15, -0.1) is 0 Å². The largest absolute Gasteiger partial charge is 0.388 e. The Hall–Kier alpha value is -1.29. The molecule has 0 aliphatic heterocycles. The Morgan fingerprint density at radius 3 is 2.35 bits per heavy atom. The second-order valence-electron chi connectivity index (χ2n) is 4.56. The van der Waals surface area contributed by atoms with E-state index in [1.807, 2.05) is 31.2 Å². The van der Waals surface area contributed by atoms with E-state index in [1.165, 1.54) is 0 Å². The first kappa shape index (κ1) is 15.1. The van der Waals surface area contributed by atoms with Crippen molar-refractivity contribution in [2.24, 2.45) is 0 Å². The van der Waals surface area contributed by atoms with Crippen LogP contribution < -0.4 is 0 Å². The highest BCUT2D eigenvalue weighted by Crippen LogP contribution is 2.26. The number of halogens is 1. The lowest BCUT2D eigenvalue weighted by Crippen LogP contribution is -2.03. The van der Waals surface area contributed by atoms with Gasteiger partial charge < -0.3 is 5.11 Å². The Morgan fingerprint density at radius 1 is 1.15 bits per heavy atom. The van der Waals surface area contributed by atoms with Gasteiger partial charge >= 0.3 is 0 Å². The molecule has 0 spiro atoms. The van der Waals surface area contributed by atoms with E-state index >= 15 is 0 Å². The summed E-state index contributed by atoms with van der Waals surface area (Å²) in [6, 6.07) is 14.6. The van der Waals surface area contributed by atoms with E-state index in [-0.39, 0.29) is 11.5 Å². The summed E-state index contributed by atoms with van der Waals surface area (Å²) in [4.78, 5) is 12.7. The molecule has 1 N–H and O–H groups in total. The van der Waals surface area contributed by atoms with Crippen LogP contribution in [0.5, 0.6) is 0 Å². The number of carbonyl (C=O) groups excluding carboxylic acids is 1. The van der Waals surface area contributed by atoms with Gasteiger partial charge in [-0.05, 0) is 36.8 Å². The maximum atomic E-state index is 11.9. The van der Waals surface area contributed by atoms with Crippen LogP contribution in [0.3, 0.4) is 0 Å². The SMILES string of the molecule is Cc1ccc(C(O)CC(=O)Sc2ccc(Cl)cc2)cc1. The molecule has 0 aliphatic rings. The molecule has 2 aromatic carbocycles. The van der Waals surface area contributed by atoms with Crippen LogP contribution in [0, 0.1) is 6.92 Å². The molecule has 20 heavy (non-hydrogen) atoms. The number of thioether (sulfide) groups is 1. The van der Waals surface area contributed by atoms with Gasteiger partial charge in [-0.25, -0.2) is 0 Å². The molecule has 2 rings (SSSR count). The first-order valence-corrected chi connectivity index (χ1v) is 7.45. The maximum Gasteiger partial charge on any atom is 0.196 e. The van der Waals surface area contributed by atoms with Crippen molar-refractivity contribution < 1.29 is 9.90 Å². The van der Waals surface area contributed by atoms with Crippen LogP contribution in [0.2, 0.25) is 5.02 Å². The van der Waals surface area contributed by atoms with Gasteiger partial charge in [-0.1, -0.05) is 53.2 Å². The highest BCUT2D eigenvalue weighted by atomic mass is 35.5. The summed E-state index contributed by atoms with van der Waals surface area (Å²) in [5.74, 6) is 0. The van der Waals surface area contributed by atoms with Crippen LogP contribution in [-0.2, 0) is 4.79 Å². The predicted octanol–water partition coefficient (Wildman–Crippen LogP) is 4.39. The summed E-state index contributed by atoms with van der Waals surface area (Å²) < 4.78 is 0. The predicted molar refractivity (Wildman–Crippen MR) is 83.1 cm³/mol. The minimum absolute atomic E-state index is 0.0691.